The Bertz CT molecular complexity index is 233. The maximum atomic E-state index is 11.5. The van der Waals surface area contributed by atoms with E-state index in [-0.39, 0.29) is 12.2 Å². The molecule has 0 aliphatic carbocycles. The minimum Gasteiger partial charge on any atom is -0.375 e. The van der Waals surface area contributed by atoms with E-state index in [2.05, 4.69) is 13.2 Å². The minimum absolute atomic E-state index is 0.296. The fraction of sp³-hybridized carbons (Fsp3) is 0.667. The predicted octanol–water partition coefficient (Wildman–Crippen LogP) is 2.86. The largest absolute Gasteiger partial charge is 0.698 e. The van der Waals surface area contributed by atoms with Gasteiger partial charge < -0.3 is 9.47 Å². The molecule has 0 amide bonds. The maximum absolute atomic E-state index is 11.5. The van der Waals surface area contributed by atoms with Crippen LogP contribution in [0.4, 0.5) is 0 Å². The molecular weight excluding hydrogens is 255 g/mol. The standard InChI is InChI=1S/C12H22O5P/c1-5-7-14-9-11(3)16-18(13)17-12(4)10-15-8-6-2/h5-6,11-12H,1-2,7-10H2,3-4H3/q+1. The number of ether oxygens (including phenoxy) is 2. The van der Waals surface area contributed by atoms with Crippen LogP contribution in [0, 0.1) is 0 Å². The Morgan fingerprint density at radius 2 is 1.39 bits per heavy atom. The van der Waals surface area contributed by atoms with E-state index in [1.165, 1.54) is 0 Å². The highest BCUT2D eigenvalue weighted by Gasteiger charge is 2.28. The highest BCUT2D eigenvalue weighted by molar-refractivity contribution is 7.33. The molecule has 6 heteroatoms. The Kier molecular flexibility index (Phi) is 11.1. The van der Waals surface area contributed by atoms with Gasteiger partial charge in [-0.05, 0) is 13.8 Å². The summed E-state index contributed by atoms with van der Waals surface area (Å²) < 4.78 is 32.1. The summed E-state index contributed by atoms with van der Waals surface area (Å²) in [6, 6.07) is 0. The lowest BCUT2D eigenvalue weighted by atomic mass is 10.4. The Hall–Kier alpha value is -0.580. The summed E-state index contributed by atoms with van der Waals surface area (Å²) in [4.78, 5) is 0. The Morgan fingerprint density at radius 1 is 1.00 bits per heavy atom. The Labute approximate surface area is 110 Å². The van der Waals surface area contributed by atoms with Crippen molar-refractivity contribution in [1.82, 2.24) is 0 Å². The molecule has 0 aliphatic rings. The van der Waals surface area contributed by atoms with E-state index in [9.17, 15) is 4.57 Å². The summed E-state index contributed by atoms with van der Waals surface area (Å²) >= 11 is 0. The van der Waals surface area contributed by atoms with Gasteiger partial charge in [0.25, 0.3) is 0 Å². The van der Waals surface area contributed by atoms with Gasteiger partial charge in [0.15, 0.2) is 0 Å². The highest BCUT2D eigenvalue weighted by Crippen LogP contribution is 2.28. The molecule has 0 saturated carbocycles. The molecule has 0 radical (unpaired) electrons. The third kappa shape index (κ3) is 10.6. The third-order valence-electron chi connectivity index (χ3n) is 1.71. The van der Waals surface area contributed by atoms with E-state index < -0.39 is 8.25 Å². The summed E-state index contributed by atoms with van der Waals surface area (Å²) in [7, 11) is -2.16. The molecule has 0 aliphatic heterocycles. The van der Waals surface area contributed by atoms with Crippen LogP contribution in [-0.4, -0.2) is 38.6 Å². The van der Waals surface area contributed by atoms with E-state index in [0.717, 1.165) is 0 Å². The smallest absolute Gasteiger partial charge is 0.375 e. The van der Waals surface area contributed by atoms with Gasteiger partial charge in [0, 0.05) is 4.57 Å². The summed E-state index contributed by atoms with van der Waals surface area (Å²) in [5.74, 6) is 0. The number of hydrogen-bond acceptors (Lipinski definition) is 5. The second kappa shape index (κ2) is 11.5. The van der Waals surface area contributed by atoms with Gasteiger partial charge >= 0.3 is 8.25 Å². The molecule has 0 bridgehead atoms. The van der Waals surface area contributed by atoms with Crippen molar-refractivity contribution in [2.75, 3.05) is 26.4 Å². The molecule has 2 atom stereocenters. The van der Waals surface area contributed by atoms with Gasteiger partial charge in [-0.2, -0.15) is 0 Å². The van der Waals surface area contributed by atoms with Crippen molar-refractivity contribution in [2.24, 2.45) is 0 Å². The van der Waals surface area contributed by atoms with Crippen molar-refractivity contribution in [3.8, 4) is 0 Å². The van der Waals surface area contributed by atoms with E-state index in [4.69, 9.17) is 18.5 Å². The summed E-state index contributed by atoms with van der Waals surface area (Å²) in [5, 5.41) is 0. The van der Waals surface area contributed by atoms with Crippen LogP contribution in [0.3, 0.4) is 0 Å². The first kappa shape index (κ1) is 17.4. The van der Waals surface area contributed by atoms with Crippen molar-refractivity contribution in [3.63, 3.8) is 0 Å². The second-order valence-electron chi connectivity index (χ2n) is 3.71. The van der Waals surface area contributed by atoms with E-state index in [1.807, 2.05) is 0 Å². The van der Waals surface area contributed by atoms with Crippen LogP contribution < -0.4 is 0 Å². The lowest BCUT2D eigenvalue weighted by Gasteiger charge is -2.06. The van der Waals surface area contributed by atoms with Crippen molar-refractivity contribution in [3.05, 3.63) is 25.3 Å². The van der Waals surface area contributed by atoms with Gasteiger partial charge in [-0.3, -0.25) is 0 Å². The normalized spacial score (nSPS) is 14.9. The van der Waals surface area contributed by atoms with Gasteiger partial charge in [-0.25, -0.2) is 0 Å². The third-order valence-corrected chi connectivity index (χ3v) is 2.77. The zero-order valence-corrected chi connectivity index (χ0v) is 11.9. The topological polar surface area (TPSA) is 54.0 Å². The first-order chi connectivity index (χ1) is 8.60. The van der Waals surface area contributed by atoms with Crippen LogP contribution in [0.2, 0.25) is 0 Å². The lowest BCUT2D eigenvalue weighted by molar-refractivity contribution is 0.0415. The molecule has 0 aromatic carbocycles. The molecule has 0 heterocycles. The monoisotopic (exact) mass is 277 g/mol. The first-order valence-electron chi connectivity index (χ1n) is 5.78. The number of hydrogen-bond donors (Lipinski definition) is 0. The Balaban J connectivity index is 3.67. The fourth-order valence-corrected chi connectivity index (χ4v) is 1.77. The van der Waals surface area contributed by atoms with E-state index >= 15 is 0 Å². The van der Waals surface area contributed by atoms with E-state index in [0.29, 0.717) is 26.4 Å². The lowest BCUT2D eigenvalue weighted by Crippen LogP contribution is -2.16. The van der Waals surface area contributed by atoms with Crippen LogP contribution in [0.5, 0.6) is 0 Å². The van der Waals surface area contributed by atoms with E-state index in [1.54, 1.807) is 26.0 Å². The van der Waals surface area contributed by atoms with Gasteiger partial charge in [0.1, 0.15) is 12.2 Å². The SMILES string of the molecule is C=CCOCC(C)O[P+](=O)OC(C)COCC=C. The van der Waals surface area contributed by atoms with Crippen LogP contribution in [0.25, 0.3) is 0 Å². The van der Waals surface area contributed by atoms with Crippen LogP contribution >= 0.6 is 8.25 Å². The maximum Gasteiger partial charge on any atom is 0.698 e. The van der Waals surface area contributed by atoms with Crippen LogP contribution in [0.1, 0.15) is 13.8 Å². The summed E-state index contributed by atoms with van der Waals surface area (Å²) in [6.07, 6.45) is 2.69. The van der Waals surface area contributed by atoms with Crippen molar-refractivity contribution in [1.29, 1.82) is 0 Å². The fourth-order valence-electron chi connectivity index (χ4n) is 1.01. The molecule has 18 heavy (non-hydrogen) atoms. The zero-order valence-electron chi connectivity index (χ0n) is 11.0. The second-order valence-corrected chi connectivity index (χ2v) is 4.58. The van der Waals surface area contributed by atoms with Crippen LogP contribution in [-0.2, 0) is 23.1 Å². The highest BCUT2D eigenvalue weighted by atomic mass is 31.1. The zero-order chi connectivity index (χ0) is 13.8. The molecule has 0 saturated heterocycles. The average Bonchev–Trinajstić information content (AvgIpc) is 2.29. The molecule has 0 spiro atoms. The molecular formula is C12H22O5P+. The number of rotatable bonds is 12. The molecule has 0 aromatic heterocycles. The molecule has 0 fully saturated rings. The molecule has 0 N–H and O–H groups in total. The summed E-state index contributed by atoms with van der Waals surface area (Å²) in [6.45, 7) is 12.1. The quantitative estimate of drug-likeness (QED) is 0.312. The molecule has 0 aromatic rings. The minimum atomic E-state index is -2.16. The van der Waals surface area contributed by atoms with Gasteiger partial charge in [0.2, 0.25) is 0 Å². The van der Waals surface area contributed by atoms with Crippen molar-refractivity contribution in [2.45, 2.75) is 26.1 Å². The predicted molar refractivity (Wildman–Crippen MR) is 70.7 cm³/mol. The molecule has 5 nitrogen and oxygen atoms in total. The van der Waals surface area contributed by atoms with Crippen LogP contribution in [0.15, 0.2) is 25.3 Å². The molecule has 0 rings (SSSR count). The van der Waals surface area contributed by atoms with Crippen molar-refractivity contribution >= 4 is 8.25 Å². The van der Waals surface area contributed by atoms with Gasteiger partial charge in [0.05, 0.1) is 26.4 Å². The average molecular weight is 277 g/mol. The first-order valence-corrected chi connectivity index (χ1v) is 6.87. The van der Waals surface area contributed by atoms with Crippen molar-refractivity contribution < 1.29 is 23.1 Å². The Morgan fingerprint density at radius 3 is 1.72 bits per heavy atom. The molecule has 2 unspecified atom stereocenters. The summed E-state index contributed by atoms with van der Waals surface area (Å²) in [5.41, 5.74) is 0. The van der Waals surface area contributed by atoms with Gasteiger partial charge in [-0.15, -0.1) is 22.2 Å². The molecule has 104 valence electrons. The van der Waals surface area contributed by atoms with Gasteiger partial charge in [-0.1, -0.05) is 12.2 Å².